The van der Waals surface area contributed by atoms with Crippen molar-refractivity contribution < 1.29 is 4.79 Å². The Kier molecular flexibility index (Phi) is 8.12. The topological polar surface area (TPSA) is 58.1 Å². The predicted molar refractivity (Wildman–Crippen MR) is 101 cm³/mol. The Balaban J connectivity index is 1.93. The number of amides is 1. The van der Waals surface area contributed by atoms with E-state index in [0.717, 1.165) is 25.2 Å². The van der Waals surface area contributed by atoms with E-state index in [9.17, 15) is 4.79 Å². The average molecular weight is 371 g/mol. The second kappa shape index (κ2) is 10.1. The Hall–Kier alpha value is -1.01. The van der Waals surface area contributed by atoms with Crippen LogP contribution in [0.5, 0.6) is 0 Å². The molecule has 7 heteroatoms. The lowest BCUT2D eigenvalue weighted by Gasteiger charge is -2.32. The van der Waals surface area contributed by atoms with Crippen LogP contribution in [0.2, 0.25) is 5.15 Å². The molecule has 0 aliphatic heterocycles. The van der Waals surface area contributed by atoms with Crippen LogP contribution in [0.3, 0.4) is 0 Å². The maximum atomic E-state index is 11.8. The van der Waals surface area contributed by atoms with Gasteiger partial charge in [0.2, 0.25) is 5.91 Å². The molecule has 1 amide bonds. The minimum Gasteiger partial charge on any atom is -0.357 e. The average Bonchev–Trinajstić information content (AvgIpc) is 2.60. The monoisotopic (exact) mass is 370 g/mol. The van der Waals surface area contributed by atoms with Gasteiger partial charge in [-0.15, -0.1) is 0 Å². The zero-order chi connectivity index (χ0) is 17.4. The second-order valence-electron chi connectivity index (χ2n) is 6.23. The van der Waals surface area contributed by atoms with Crippen LogP contribution in [-0.4, -0.2) is 41.3 Å². The molecule has 0 aromatic carbocycles. The van der Waals surface area contributed by atoms with Gasteiger partial charge in [-0.05, 0) is 19.3 Å². The van der Waals surface area contributed by atoms with E-state index in [-0.39, 0.29) is 5.91 Å². The lowest BCUT2D eigenvalue weighted by atomic mass is 9.94. The summed E-state index contributed by atoms with van der Waals surface area (Å²) in [6, 6.07) is 2.32. The van der Waals surface area contributed by atoms with Crippen molar-refractivity contribution in [2.45, 2.75) is 63.1 Å². The number of nitrogens with zero attached hydrogens (tertiary/aromatic N) is 3. The van der Waals surface area contributed by atoms with E-state index < -0.39 is 0 Å². The molecule has 1 aliphatic rings. The SMILES string of the molecule is CCCCNC(=O)CSc1nc(Cl)cc(N(C)C2CCCCC2)n1. The van der Waals surface area contributed by atoms with E-state index in [1.807, 2.05) is 6.07 Å². The minimum atomic E-state index is 0.0132. The van der Waals surface area contributed by atoms with Crippen molar-refractivity contribution in [1.29, 1.82) is 0 Å². The molecule has 0 saturated heterocycles. The summed E-state index contributed by atoms with van der Waals surface area (Å²) >= 11 is 7.49. The van der Waals surface area contributed by atoms with Gasteiger partial charge in [-0.2, -0.15) is 0 Å². The number of carbonyl (C=O) groups excluding carboxylic acids is 1. The van der Waals surface area contributed by atoms with Crippen LogP contribution >= 0.6 is 23.4 Å². The summed E-state index contributed by atoms with van der Waals surface area (Å²) in [6.45, 7) is 2.83. The first-order chi connectivity index (χ1) is 11.6. The normalized spacial score (nSPS) is 15.3. The molecule has 0 radical (unpaired) electrons. The number of hydrogen-bond donors (Lipinski definition) is 1. The molecule has 1 heterocycles. The quantitative estimate of drug-likeness (QED) is 0.325. The number of rotatable bonds is 8. The van der Waals surface area contributed by atoms with Crippen LogP contribution in [-0.2, 0) is 4.79 Å². The molecule has 1 aromatic rings. The first kappa shape index (κ1) is 19.3. The minimum absolute atomic E-state index is 0.0132. The third-order valence-corrected chi connectivity index (χ3v) is 5.37. The summed E-state index contributed by atoms with van der Waals surface area (Å²) in [5.74, 6) is 1.17. The van der Waals surface area contributed by atoms with Gasteiger partial charge in [0.15, 0.2) is 5.16 Å². The summed E-state index contributed by atoms with van der Waals surface area (Å²) in [6.07, 6.45) is 8.33. The number of halogens is 1. The van der Waals surface area contributed by atoms with Gasteiger partial charge in [-0.1, -0.05) is 56.0 Å². The molecule has 1 aliphatic carbocycles. The predicted octanol–water partition coefficient (Wildman–Crippen LogP) is 3.91. The Morgan fingerprint density at radius 1 is 1.38 bits per heavy atom. The smallest absolute Gasteiger partial charge is 0.230 e. The summed E-state index contributed by atoms with van der Waals surface area (Å²) in [7, 11) is 2.07. The van der Waals surface area contributed by atoms with E-state index in [0.29, 0.717) is 22.1 Å². The van der Waals surface area contributed by atoms with Gasteiger partial charge in [0.1, 0.15) is 11.0 Å². The largest absolute Gasteiger partial charge is 0.357 e. The van der Waals surface area contributed by atoms with E-state index in [2.05, 4.69) is 34.2 Å². The molecule has 134 valence electrons. The molecule has 0 atom stereocenters. The van der Waals surface area contributed by atoms with Crippen LogP contribution in [0.25, 0.3) is 0 Å². The van der Waals surface area contributed by atoms with Crippen LogP contribution in [0.4, 0.5) is 5.82 Å². The number of carbonyl (C=O) groups is 1. The van der Waals surface area contributed by atoms with Crippen LogP contribution in [0.15, 0.2) is 11.2 Å². The fraction of sp³-hybridized carbons (Fsp3) is 0.706. The number of hydrogen-bond acceptors (Lipinski definition) is 5. The molecule has 1 aromatic heterocycles. The van der Waals surface area contributed by atoms with Gasteiger partial charge in [-0.3, -0.25) is 4.79 Å². The molecular formula is C17H27ClN4OS. The number of aromatic nitrogens is 2. The van der Waals surface area contributed by atoms with Crippen molar-refractivity contribution in [1.82, 2.24) is 15.3 Å². The van der Waals surface area contributed by atoms with Crippen LogP contribution < -0.4 is 10.2 Å². The summed E-state index contributed by atoms with van der Waals surface area (Å²) < 4.78 is 0. The number of thioether (sulfide) groups is 1. The Morgan fingerprint density at radius 2 is 2.12 bits per heavy atom. The summed E-state index contributed by atoms with van der Waals surface area (Å²) in [5.41, 5.74) is 0. The van der Waals surface area contributed by atoms with Gasteiger partial charge >= 0.3 is 0 Å². The van der Waals surface area contributed by atoms with E-state index in [1.165, 1.54) is 43.9 Å². The molecule has 5 nitrogen and oxygen atoms in total. The van der Waals surface area contributed by atoms with Crippen molar-refractivity contribution in [2.24, 2.45) is 0 Å². The highest BCUT2D eigenvalue weighted by Gasteiger charge is 2.20. The molecule has 0 unspecified atom stereocenters. The number of anilines is 1. The standard InChI is InChI=1S/C17H27ClN4OS/c1-3-4-10-19-16(23)12-24-17-20-14(18)11-15(21-17)22(2)13-8-6-5-7-9-13/h11,13H,3-10,12H2,1-2H3,(H,19,23). The summed E-state index contributed by atoms with van der Waals surface area (Å²) in [5, 5.41) is 3.89. The first-order valence-electron chi connectivity index (χ1n) is 8.77. The molecule has 1 N–H and O–H groups in total. The first-order valence-corrected chi connectivity index (χ1v) is 10.1. The van der Waals surface area contributed by atoms with Crippen molar-refractivity contribution in [3.05, 3.63) is 11.2 Å². The Morgan fingerprint density at radius 3 is 2.83 bits per heavy atom. The highest BCUT2D eigenvalue weighted by Crippen LogP contribution is 2.27. The lowest BCUT2D eigenvalue weighted by molar-refractivity contribution is -0.118. The van der Waals surface area contributed by atoms with Gasteiger partial charge in [-0.25, -0.2) is 9.97 Å². The third-order valence-electron chi connectivity index (χ3n) is 4.33. The van der Waals surface area contributed by atoms with Gasteiger partial charge in [0, 0.05) is 25.7 Å². The van der Waals surface area contributed by atoms with Crippen molar-refractivity contribution in [3.63, 3.8) is 0 Å². The Bertz CT molecular complexity index is 537. The maximum Gasteiger partial charge on any atom is 0.230 e. The lowest BCUT2D eigenvalue weighted by Crippen LogP contribution is -2.34. The molecule has 1 fully saturated rings. The van der Waals surface area contributed by atoms with E-state index in [1.54, 1.807) is 0 Å². The number of nitrogens with one attached hydrogen (secondary N) is 1. The fourth-order valence-corrected chi connectivity index (χ4v) is 3.78. The zero-order valence-electron chi connectivity index (χ0n) is 14.6. The fourth-order valence-electron chi connectivity index (χ4n) is 2.87. The molecule has 1 saturated carbocycles. The highest BCUT2D eigenvalue weighted by molar-refractivity contribution is 7.99. The van der Waals surface area contributed by atoms with E-state index in [4.69, 9.17) is 11.6 Å². The van der Waals surface area contributed by atoms with Crippen molar-refractivity contribution in [2.75, 3.05) is 24.2 Å². The molecule has 24 heavy (non-hydrogen) atoms. The van der Waals surface area contributed by atoms with Gasteiger partial charge in [0.25, 0.3) is 0 Å². The molecule has 0 spiro atoms. The molecule has 2 rings (SSSR count). The molecular weight excluding hydrogens is 344 g/mol. The van der Waals surface area contributed by atoms with Crippen LogP contribution in [0, 0.1) is 0 Å². The Labute approximate surface area is 154 Å². The maximum absolute atomic E-state index is 11.8. The molecule has 0 bridgehead atoms. The second-order valence-corrected chi connectivity index (χ2v) is 7.56. The van der Waals surface area contributed by atoms with Gasteiger partial charge in [0.05, 0.1) is 5.75 Å². The van der Waals surface area contributed by atoms with Crippen LogP contribution in [0.1, 0.15) is 51.9 Å². The van der Waals surface area contributed by atoms with E-state index >= 15 is 0 Å². The zero-order valence-corrected chi connectivity index (χ0v) is 16.1. The van der Waals surface area contributed by atoms with Crippen molar-refractivity contribution in [3.8, 4) is 0 Å². The third kappa shape index (κ3) is 6.13. The van der Waals surface area contributed by atoms with Crippen molar-refractivity contribution >= 4 is 35.1 Å². The highest BCUT2D eigenvalue weighted by atomic mass is 35.5. The van der Waals surface area contributed by atoms with Gasteiger partial charge < -0.3 is 10.2 Å². The summed E-state index contributed by atoms with van der Waals surface area (Å²) in [4.78, 5) is 22.8. The number of unbranched alkanes of at least 4 members (excludes halogenated alkanes) is 1.